The highest BCUT2D eigenvalue weighted by Crippen LogP contribution is 2.16. The van der Waals surface area contributed by atoms with Crippen LogP contribution in [-0.4, -0.2) is 8.76 Å². The summed E-state index contributed by atoms with van der Waals surface area (Å²) in [6.07, 6.45) is 0.883. The summed E-state index contributed by atoms with van der Waals surface area (Å²) in [4.78, 5) is 0. The van der Waals surface area contributed by atoms with Crippen LogP contribution < -0.4 is 0 Å². The lowest BCUT2D eigenvalue weighted by molar-refractivity contribution is 0.536. The quantitative estimate of drug-likeness (QED) is 0.695. The molecule has 0 heterocycles. The standard InChI is InChI=1S/C10H14O2S/c1-3-9-6-4-5-8(2)10(9)7-13(11)12/h4-6H,3,7H2,1-2H3,(H,11,12)/p-1. The molecule has 0 aliphatic carbocycles. The van der Waals surface area contributed by atoms with Crippen LogP contribution in [-0.2, 0) is 23.3 Å². The zero-order valence-electron chi connectivity index (χ0n) is 7.87. The van der Waals surface area contributed by atoms with Gasteiger partial charge in [-0.05, 0) is 30.0 Å². The first kappa shape index (κ1) is 10.4. The summed E-state index contributed by atoms with van der Waals surface area (Å²) >= 11 is -1.99. The van der Waals surface area contributed by atoms with E-state index >= 15 is 0 Å². The highest BCUT2D eigenvalue weighted by atomic mass is 32.2. The Bertz CT molecular complexity index is 321. The third-order valence-corrected chi connectivity index (χ3v) is 2.67. The Labute approximate surface area is 81.3 Å². The summed E-state index contributed by atoms with van der Waals surface area (Å²) in [5, 5.41) is 0. The Morgan fingerprint density at radius 2 is 2.15 bits per heavy atom. The average Bonchev–Trinajstić information content (AvgIpc) is 2.08. The van der Waals surface area contributed by atoms with Crippen LogP contribution in [0.15, 0.2) is 18.2 Å². The summed E-state index contributed by atoms with van der Waals surface area (Å²) in [6, 6.07) is 5.89. The summed E-state index contributed by atoms with van der Waals surface area (Å²) in [5.74, 6) is 0.135. The van der Waals surface area contributed by atoms with Crippen molar-refractivity contribution in [3.63, 3.8) is 0 Å². The molecule has 3 heteroatoms. The maximum Gasteiger partial charge on any atom is 0.0358 e. The summed E-state index contributed by atoms with van der Waals surface area (Å²) in [5.41, 5.74) is 3.14. The van der Waals surface area contributed by atoms with E-state index < -0.39 is 11.1 Å². The predicted octanol–water partition coefficient (Wildman–Crippen LogP) is 1.94. The van der Waals surface area contributed by atoms with Crippen molar-refractivity contribution in [1.29, 1.82) is 0 Å². The minimum Gasteiger partial charge on any atom is -0.772 e. The van der Waals surface area contributed by atoms with Gasteiger partial charge in [-0.3, -0.25) is 4.21 Å². The lowest BCUT2D eigenvalue weighted by Gasteiger charge is -2.12. The number of hydrogen-bond donors (Lipinski definition) is 0. The Balaban J connectivity index is 3.07. The van der Waals surface area contributed by atoms with E-state index in [1.807, 2.05) is 32.0 Å². The van der Waals surface area contributed by atoms with E-state index in [2.05, 4.69) is 0 Å². The van der Waals surface area contributed by atoms with Crippen molar-refractivity contribution in [3.05, 3.63) is 34.9 Å². The predicted molar refractivity (Wildman–Crippen MR) is 53.2 cm³/mol. The van der Waals surface area contributed by atoms with E-state index in [9.17, 15) is 8.76 Å². The molecule has 1 rings (SSSR count). The van der Waals surface area contributed by atoms with Crippen molar-refractivity contribution in [1.82, 2.24) is 0 Å². The monoisotopic (exact) mass is 197 g/mol. The second-order valence-electron chi connectivity index (χ2n) is 3.01. The largest absolute Gasteiger partial charge is 0.772 e. The van der Waals surface area contributed by atoms with Crippen molar-refractivity contribution in [2.45, 2.75) is 26.0 Å². The number of benzene rings is 1. The first-order valence-corrected chi connectivity index (χ1v) is 5.52. The lowest BCUT2D eigenvalue weighted by atomic mass is 10.0. The van der Waals surface area contributed by atoms with Crippen LogP contribution in [0.3, 0.4) is 0 Å². The topological polar surface area (TPSA) is 40.1 Å². The molecule has 0 saturated carbocycles. The smallest absolute Gasteiger partial charge is 0.0358 e. The molecule has 0 N–H and O–H groups in total. The molecular weight excluding hydrogens is 184 g/mol. The fraction of sp³-hybridized carbons (Fsp3) is 0.400. The minimum absolute atomic E-state index is 0.135. The van der Waals surface area contributed by atoms with Gasteiger partial charge in [-0.1, -0.05) is 36.2 Å². The second kappa shape index (κ2) is 4.53. The Kier molecular flexibility index (Phi) is 3.63. The maximum atomic E-state index is 10.6. The molecule has 1 aromatic rings. The zero-order valence-corrected chi connectivity index (χ0v) is 8.69. The Hall–Kier alpha value is -0.670. The van der Waals surface area contributed by atoms with Gasteiger partial charge in [0, 0.05) is 5.75 Å². The van der Waals surface area contributed by atoms with E-state index in [0.29, 0.717) is 0 Å². The van der Waals surface area contributed by atoms with Gasteiger partial charge in [0.25, 0.3) is 0 Å². The van der Waals surface area contributed by atoms with E-state index in [1.165, 1.54) is 0 Å². The Morgan fingerprint density at radius 3 is 2.69 bits per heavy atom. The number of rotatable bonds is 3. The van der Waals surface area contributed by atoms with Crippen LogP contribution in [0.1, 0.15) is 23.6 Å². The van der Waals surface area contributed by atoms with Crippen LogP contribution in [0.5, 0.6) is 0 Å². The lowest BCUT2D eigenvalue weighted by Crippen LogP contribution is -2.00. The van der Waals surface area contributed by atoms with E-state index in [0.717, 1.165) is 23.1 Å². The molecule has 0 spiro atoms. The van der Waals surface area contributed by atoms with Crippen LogP contribution in [0.25, 0.3) is 0 Å². The highest BCUT2D eigenvalue weighted by molar-refractivity contribution is 7.78. The molecule has 0 aliphatic rings. The number of aryl methyl sites for hydroxylation is 2. The molecule has 0 bridgehead atoms. The number of hydrogen-bond acceptors (Lipinski definition) is 2. The molecule has 0 aromatic heterocycles. The molecule has 0 aliphatic heterocycles. The maximum absolute atomic E-state index is 10.6. The third kappa shape index (κ3) is 2.64. The minimum atomic E-state index is -1.99. The summed E-state index contributed by atoms with van der Waals surface area (Å²) in [7, 11) is 0. The van der Waals surface area contributed by atoms with E-state index in [4.69, 9.17) is 0 Å². The van der Waals surface area contributed by atoms with Crippen molar-refractivity contribution >= 4 is 11.1 Å². The van der Waals surface area contributed by atoms with Gasteiger partial charge in [0.2, 0.25) is 0 Å². The first-order chi connectivity index (χ1) is 6.15. The molecule has 0 amide bonds. The van der Waals surface area contributed by atoms with Crippen LogP contribution in [0, 0.1) is 6.92 Å². The van der Waals surface area contributed by atoms with Gasteiger partial charge < -0.3 is 4.55 Å². The van der Waals surface area contributed by atoms with Gasteiger partial charge in [-0.2, -0.15) is 0 Å². The van der Waals surface area contributed by atoms with Gasteiger partial charge in [0.1, 0.15) is 0 Å². The van der Waals surface area contributed by atoms with Crippen molar-refractivity contribution in [2.75, 3.05) is 0 Å². The fourth-order valence-corrected chi connectivity index (χ4v) is 2.07. The second-order valence-corrected chi connectivity index (χ2v) is 3.91. The molecule has 1 unspecified atom stereocenters. The van der Waals surface area contributed by atoms with Crippen molar-refractivity contribution in [3.8, 4) is 0 Å². The zero-order chi connectivity index (χ0) is 9.84. The van der Waals surface area contributed by atoms with E-state index in [1.54, 1.807) is 0 Å². The van der Waals surface area contributed by atoms with Gasteiger partial charge in [-0.25, -0.2) is 0 Å². The molecule has 0 fully saturated rings. The van der Waals surface area contributed by atoms with Gasteiger partial charge in [0.05, 0.1) is 0 Å². The van der Waals surface area contributed by atoms with Crippen LogP contribution in [0.2, 0.25) is 0 Å². The molecule has 1 atom stereocenters. The highest BCUT2D eigenvalue weighted by Gasteiger charge is 2.03. The molecule has 0 saturated heterocycles. The molecule has 72 valence electrons. The van der Waals surface area contributed by atoms with Gasteiger partial charge >= 0.3 is 0 Å². The molecule has 0 radical (unpaired) electrons. The summed E-state index contributed by atoms with van der Waals surface area (Å²) in [6.45, 7) is 3.98. The van der Waals surface area contributed by atoms with Gasteiger partial charge in [0.15, 0.2) is 0 Å². The Morgan fingerprint density at radius 1 is 1.46 bits per heavy atom. The van der Waals surface area contributed by atoms with Crippen LogP contribution >= 0.6 is 0 Å². The third-order valence-electron chi connectivity index (χ3n) is 2.15. The summed E-state index contributed by atoms with van der Waals surface area (Å²) < 4.78 is 21.2. The molecule has 2 nitrogen and oxygen atoms in total. The van der Waals surface area contributed by atoms with Crippen LogP contribution in [0.4, 0.5) is 0 Å². The molecular formula is C10H13O2S-. The normalized spacial score (nSPS) is 12.8. The fourth-order valence-electron chi connectivity index (χ4n) is 1.42. The molecule has 1 aromatic carbocycles. The van der Waals surface area contributed by atoms with E-state index in [-0.39, 0.29) is 5.75 Å². The first-order valence-electron chi connectivity index (χ1n) is 4.28. The SMILES string of the molecule is CCc1cccc(C)c1CS(=O)[O-]. The van der Waals surface area contributed by atoms with Gasteiger partial charge in [-0.15, -0.1) is 0 Å². The molecule has 13 heavy (non-hydrogen) atoms. The van der Waals surface area contributed by atoms with Crippen molar-refractivity contribution in [2.24, 2.45) is 0 Å². The average molecular weight is 197 g/mol. The van der Waals surface area contributed by atoms with Crippen molar-refractivity contribution < 1.29 is 8.76 Å².